The van der Waals surface area contributed by atoms with Crippen molar-refractivity contribution in [3.8, 4) is 16.9 Å². The molecule has 5 nitrogen and oxygen atoms in total. The molecular weight excluding hydrogens is 336 g/mol. The zero-order valence-corrected chi connectivity index (χ0v) is 15.0. The topological polar surface area (TPSA) is 67.4 Å². The smallest absolute Gasteiger partial charge is 0.276 e. The first-order chi connectivity index (χ1) is 12.2. The zero-order valence-electron chi connectivity index (χ0n) is 14.2. The highest BCUT2D eigenvalue weighted by atomic mass is 32.2. The lowest BCUT2D eigenvalue weighted by atomic mass is 10.1. The Morgan fingerprint density at radius 1 is 0.960 bits per heavy atom. The first kappa shape index (κ1) is 18.9. The van der Waals surface area contributed by atoms with E-state index in [1.165, 1.54) is 11.8 Å². The summed E-state index contributed by atoms with van der Waals surface area (Å²) in [5.74, 6) is 1.23. The Bertz CT molecular complexity index is 692. The molecule has 132 valence electrons. The van der Waals surface area contributed by atoms with Crippen LogP contribution in [-0.2, 0) is 9.59 Å². The molecule has 0 atom stereocenters. The Morgan fingerprint density at radius 3 is 2.40 bits per heavy atom. The number of rotatable bonds is 8. The van der Waals surface area contributed by atoms with E-state index in [4.69, 9.17) is 4.74 Å². The normalized spacial score (nSPS) is 10.1. The molecule has 0 aliphatic rings. The van der Waals surface area contributed by atoms with E-state index >= 15 is 0 Å². The highest BCUT2D eigenvalue weighted by molar-refractivity contribution is 7.99. The summed E-state index contributed by atoms with van der Waals surface area (Å²) in [6, 6.07) is 17.3. The Balaban J connectivity index is 1.83. The number of para-hydroxylation sites is 1. The van der Waals surface area contributed by atoms with Gasteiger partial charge in [-0.3, -0.25) is 20.4 Å². The van der Waals surface area contributed by atoms with Crippen LogP contribution in [0.15, 0.2) is 54.6 Å². The number of hydrogen-bond acceptors (Lipinski definition) is 4. The molecule has 0 bridgehead atoms. The summed E-state index contributed by atoms with van der Waals surface area (Å²) in [6.45, 7) is 1.88. The number of ether oxygens (including phenoxy) is 1. The SMILES string of the molecule is CCCSCC(=O)NNC(=O)COc1ccccc1-c1ccccc1. The van der Waals surface area contributed by atoms with Crippen LogP contribution in [0, 0.1) is 0 Å². The Labute approximate surface area is 152 Å². The van der Waals surface area contributed by atoms with Gasteiger partial charge in [0, 0.05) is 5.56 Å². The van der Waals surface area contributed by atoms with Crippen molar-refractivity contribution in [3.05, 3.63) is 54.6 Å². The van der Waals surface area contributed by atoms with Crippen LogP contribution >= 0.6 is 11.8 Å². The number of carbonyl (C=O) groups is 2. The van der Waals surface area contributed by atoms with Crippen LogP contribution in [0.5, 0.6) is 5.75 Å². The molecule has 2 amide bonds. The standard InChI is InChI=1S/C19H22N2O3S/c1-2-12-25-14-19(23)21-20-18(22)13-24-17-11-7-6-10-16(17)15-8-4-3-5-9-15/h3-11H,2,12-14H2,1H3,(H,20,22)(H,21,23). The van der Waals surface area contributed by atoms with Crippen LogP contribution < -0.4 is 15.6 Å². The van der Waals surface area contributed by atoms with E-state index in [1.54, 1.807) is 0 Å². The van der Waals surface area contributed by atoms with E-state index in [1.807, 2.05) is 54.6 Å². The predicted octanol–water partition coefficient (Wildman–Crippen LogP) is 3.02. The maximum atomic E-state index is 11.8. The quantitative estimate of drug-likeness (QED) is 0.562. The summed E-state index contributed by atoms with van der Waals surface area (Å²) in [7, 11) is 0. The molecule has 0 heterocycles. The lowest BCUT2D eigenvalue weighted by Crippen LogP contribution is -2.44. The molecule has 0 unspecified atom stereocenters. The fourth-order valence-electron chi connectivity index (χ4n) is 2.11. The molecule has 0 saturated heterocycles. The molecule has 25 heavy (non-hydrogen) atoms. The van der Waals surface area contributed by atoms with E-state index < -0.39 is 5.91 Å². The second-order valence-corrected chi connectivity index (χ2v) is 6.40. The number of hydrazine groups is 1. The monoisotopic (exact) mass is 358 g/mol. The van der Waals surface area contributed by atoms with Crippen molar-refractivity contribution in [2.75, 3.05) is 18.1 Å². The molecular formula is C19H22N2O3S. The van der Waals surface area contributed by atoms with Crippen molar-refractivity contribution in [2.24, 2.45) is 0 Å². The summed E-state index contributed by atoms with van der Waals surface area (Å²) in [5, 5.41) is 0. The lowest BCUT2D eigenvalue weighted by Gasteiger charge is -2.12. The van der Waals surface area contributed by atoms with Crippen LogP contribution in [0.2, 0.25) is 0 Å². The van der Waals surface area contributed by atoms with E-state index in [0.717, 1.165) is 23.3 Å². The second-order valence-electron chi connectivity index (χ2n) is 5.30. The van der Waals surface area contributed by atoms with E-state index in [2.05, 4.69) is 17.8 Å². The first-order valence-electron chi connectivity index (χ1n) is 8.13. The van der Waals surface area contributed by atoms with Gasteiger partial charge in [-0.2, -0.15) is 11.8 Å². The van der Waals surface area contributed by atoms with Gasteiger partial charge in [-0.1, -0.05) is 55.5 Å². The van der Waals surface area contributed by atoms with Crippen molar-refractivity contribution < 1.29 is 14.3 Å². The Kier molecular flexibility index (Phi) is 7.85. The van der Waals surface area contributed by atoms with Gasteiger partial charge in [-0.15, -0.1) is 0 Å². The molecule has 0 aromatic heterocycles. The highest BCUT2D eigenvalue weighted by Crippen LogP contribution is 2.29. The fraction of sp³-hybridized carbons (Fsp3) is 0.263. The molecule has 0 aliphatic carbocycles. The third kappa shape index (κ3) is 6.51. The predicted molar refractivity (Wildman–Crippen MR) is 101 cm³/mol. The van der Waals surface area contributed by atoms with Gasteiger partial charge in [0.05, 0.1) is 5.75 Å². The number of hydrogen-bond donors (Lipinski definition) is 2. The number of carbonyl (C=O) groups excluding carboxylic acids is 2. The third-order valence-corrected chi connectivity index (χ3v) is 4.42. The molecule has 0 radical (unpaired) electrons. The molecule has 0 fully saturated rings. The average molecular weight is 358 g/mol. The molecule has 0 spiro atoms. The van der Waals surface area contributed by atoms with Crippen molar-refractivity contribution in [1.29, 1.82) is 0 Å². The molecule has 2 N–H and O–H groups in total. The van der Waals surface area contributed by atoms with Crippen LogP contribution in [0.25, 0.3) is 11.1 Å². The largest absolute Gasteiger partial charge is 0.483 e. The number of thioether (sulfide) groups is 1. The van der Waals surface area contributed by atoms with Crippen LogP contribution in [0.1, 0.15) is 13.3 Å². The maximum Gasteiger partial charge on any atom is 0.276 e. The van der Waals surface area contributed by atoms with Gasteiger partial charge >= 0.3 is 0 Å². The van der Waals surface area contributed by atoms with Gasteiger partial charge in [0.15, 0.2) is 6.61 Å². The van der Waals surface area contributed by atoms with Gasteiger partial charge in [0.25, 0.3) is 5.91 Å². The lowest BCUT2D eigenvalue weighted by molar-refractivity contribution is -0.128. The highest BCUT2D eigenvalue weighted by Gasteiger charge is 2.09. The first-order valence-corrected chi connectivity index (χ1v) is 9.29. The third-order valence-electron chi connectivity index (χ3n) is 3.25. The molecule has 2 aromatic carbocycles. The summed E-state index contributed by atoms with van der Waals surface area (Å²) in [6.07, 6.45) is 1.01. The summed E-state index contributed by atoms with van der Waals surface area (Å²) >= 11 is 1.53. The molecule has 6 heteroatoms. The van der Waals surface area contributed by atoms with Gasteiger partial charge in [0.1, 0.15) is 5.75 Å². The summed E-state index contributed by atoms with van der Waals surface area (Å²) in [5.41, 5.74) is 6.67. The Morgan fingerprint density at radius 2 is 1.64 bits per heavy atom. The minimum Gasteiger partial charge on any atom is -0.483 e. The molecule has 0 aliphatic heterocycles. The van der Waals surface area contributed by atoms with Crippen LogP contribution in [-0.4, -0.2) is 29.9 Å². The van der Waals surface area contributed by atoms with E-state index in [-0.39, 0.29) is 12.5 Å². The molecule has 2 rings (SSSR count). The van der Waals surface area contributed by atoms with E-state index in [9.17, 15) is 9.59 Å². The van der Waals surface area contributed by atoms with Crippen LogP contribution in [0.3, 0.4) is 0 Å². The zero-order chi connectivity index (χ0) is 17.9. The van der Waals surface area contributed by atoms with Gasteiger partial charge in [-0.25, -0.2) is 0 Å². The van der Waals surface area contributed by atoms with Crippen molar-refractivity contribution in [2.45, 2.75) is 13.3 Å². The molecule has 2 aromatic rings. The fourth-order valence-corrected chi connectivity index (χ4v) is 2.80. The minimum absolute atomic E-state index is 0.174. The van der Waals surface area contributed by atoms with Crippen molar-refractivity contribution in [1.82, 2.24) is 10.9 Å². The van der Waals surface area contributed by atoms with Gasteiger partial charge in [0.2, 0.25) is 5.91 Å². The second kappa shape index (κ2) is 10.4. The summed E-state index contributed by atoms with van der Waals surface area (Å²) < 4.78 is 5.62. The Hall–Kier alpha value is -2.47. The molecule has 0 saturated carbocycles. The van der Waals surface area contributed by atoms with Crippen molar-refractivity contribution >= 4 is 23.6 Å². The van der Waals surface area contributed by atoms with Crippen LogP contribution in [0.4, 0.5) is 0 Å². The average Bonchev–Trinajstić information content (AvgIpc) is 2.66. The van der Waals surface area contributed by atoms with E-state index in [0.29, 0.717) is 11.5 Å². The van der Waals surface area contributed by atoms with Crippen molar-refractivity contribution in [3.63, 3.8) is 0 Å². The van der Waals surface area contributed by atoms with Gasteiger partial charge in [-0.05, 0) is 23.8 Å². The number of benzene rings is 2. The van der Waals surface area contributed by atoms with Gasteiger partial charge < -0.3 is 4.74 Å². The maximum absolute atomic E-state index is 11.8. The number of nitrogens with one attached hydrogen (secondary N) is 2. The number of amides is 2. The summed E-state index contributed by atoms with van der Waals surface area (Å²) in [4.78, 5) is 23.4. The minimum atomic E-state index is -0.406.